The van der Waals surface area contributed by atoms with E-state index in [4.69, 9.17) is 5.73 Å². The maximum Gasteiger partial charge on any atom is 0.239 e. The summed E-state index contributed by atoms with van der Waals surface area (Å²) in [5.74, 6) is 2.76. The molecule has 0 radical (unpaired) electrons. The molecule has 0 aromatic heterocycles. The van der Waals surface area contributed by atoms with Crippen LogP contribution in [0.25, 0.3) is 0 Å². The lowest BCUT2D eigenvalue weighted by atomic mass is 9.49. The molecule has 0 aromatic carbocycles. The highest BCUT2D eigenvalue weighted by Gasteiger charge is 2.50. The average Bonchev–Trinajstić information content (AvgIpc) is 2.58. The molecular weight excluding hydrogens is 314 g/mol. The van der Waals surface area contributed by atoms with Gasteiger partial charge in [-0.25, -0.2) is 0 Å². The van der Waals surface area contributed by atoms with E-state index >= 15 is 0 Å². The Morgan fingerprint density at radius 3 is 2.08 bits per heavy atom. The van der Waals surface area contributed by atoms with Gasteiger partial charge in [0.1, 0.15) is 0 Å². The van der Waals surface area contributed by atoms with Crippen molar-refractivity contribution in [2.75, 3.05) is 19.6 Å². The van der Waals surface area contributed by atoms with Crippen molar-refractivity contribution in [2.24, 2.45) is 34.8 Å². The lowest BCUT2D eigenvalue weighted by Crippen LogP contribution is -2.54. The summed E-state index contributed by atoms with van der Waals surface area (Å²) in [5, 5.41) is 3.59. The number of hydrogen-bond acceptors (Lipinski definition) is 3. The molecular formula is C20H33N3O2. The first kappa shape index (κ1) is 17.3. The van der Waals surface area contributed by atoms with E-state index in [0.29, 0.717) is 31.3 Å². The Hall–Kier alpha value is -1.10. The number of rotatable bonds is 5. The number of piperidine rings is 1. The summed E-state index contributed by atoms with van der Waals surface area (Å²) in [5.41, 5.74) is 5.85. The highest BCUT2D eigenvalue weighted by Crippen LogP contribution is 2.59. The van der Waals surface area contributed by atoms with Gasteiger partial charge in [0.15, 0.2) is 0 Å². The van der Waals surface area contributed by atoms with Crippen molar-refractivity contribution in [3.63, 3.8) is 0 Å². The minimum atomic E-state index is -0.222. The Kier molecular flexibility index (Phi) is 4.55. The molecule has 0 aromatic rings. The third-order valence-corrected chi connectivity index (χ3v) is 7.53. The van der Waals surface area contributed by atoms with E-state index in [1.54, 1.807) is 0 Å². The lowest BCUT2D eigenvalue weighted by Gasteiger charge is -2.57. The van der Waals surface area contributed by atoms with E-state index in [9.17, 15) is 9.59 Å². The fourth-order valence-corrected chi connectivity index (χ4v) is 6.62. The maximum absolute atomic E-state index is 12.7. The molecule has 5 aliphatic rings. The molecule has 1 heterocycles. The molecule has 5 fully saturated rings. The first-order chi connectivity index (χ1) is 11.9. The number of carbonyl (C=O) groups excluding carboxylic acids is 2. The largest absolute Gasteiger partial charge is 0.369 e. The minimum absolute atomic E-state index is 0.0562. The van der Waals surface area contributed by atoms with Crippen molar-refractivity contribution < 1.29 is 9.59 Å². The molecule has 1 atom stereocenters. The van der Waals surface area contributed by atoms with Crippen molar-refractivity contribution in [2.45, 2.75) is 64.3 Å². The Labute approximate surface area is 151 Å². The van der Waals surface area contributed by atoms with Crippen molar-refractivity contribution in [1.29, 1.82) is 0 Å². The Balaban J connectivity index is 1.28. The van der Waals surface area contributed by atoms with Crippen LogP contribution >= 0.6 is 0 Å². The minimum Gasteiger partial charge on any atom is -0.369 e. The van der Waals surface area contributed by atoms with E-state index in [0.717, 1.165) is 24.3 Å². The maximum atomic E-state index is 12.7. The van der Waals surface area contributed by atoms with Crippen LogP contribution in [0, 0.1) is 29.1 Å². The van der Waals surface area contributed by atoms with Gasteiger partial charge in [-0.3, -0.25) is 9.59 Å². The topological polar surface area (TPSA) is 75.4 Å². The first-order valence-electron chi connectivity index (χ1n) is 10.3. The van der Waals surface area contributed by atoms with Gasteiger partial charge in [-0.2, -0.15) is 0 Å². The molecule has 1 saturated heterocycles. The highest BCUT2D eigenvalue weighted by molar-refractivity contribution is 5.82. The van der Waals surface area contributed by atoms with Crippen molar-refractivity contribution in [3.8, 4) is 0 Å². The predicted molar refractivity (Wildman–Crippen MR) is 96.6 cm³/mol. The molecule has 4 bridgehead atoms. The number of primary amides is 1. The summed E-state index contributed by atoms with van der Waals surface area (Å²) in [7, 11) is 0. The third kappa shape index (κ3) is 3.44. The summed E-state index contributed by atoms with van der Waals surface area (Å²) in [6, 6.07) is -0.127. The molecule has 4 saturated carbocycles. The first-order valence-corrected chi connectivity index (χ1v) is 10.3. The Morgan fingerprint density at radius 1 is 1.08 bits per heavy atom. The van der Waals surface area contributed by atoms with Crippen molar-refractivity contribution in [3.05, 3.63) is 0 Å². The molecule has 1 aliphatic heterocycles. The number of nitrogens with zero attached hydrogens (tertiary/aromatic N) is 1. The van der Waals surface area contributed by atoms with E-state index < -0.39 is 0 Å². The smallest absolute Gasteiger partial charge is 0.239 e. The van der Waals surface area contributed by atoms with Gasteiger partial charge in [0.25, 0.3) is 0 Å². The second kappa shape index (κ2) is 6.57. The van der Waals surface area contributed by atoms with Crippen LogP contribution in [0.1, 0.15) is 58.3 Å². The van der Waals surface area contributed by atoms with Gasteiger partial charge in [0, 0.05) is 25.6 Å². The molecule has 2 amide bonds. The second-order valence-electron chi connectivity index (χ2n) is 9.52. The highest BCUT2D eigenvalue weighted by atomic mass is 16.2. The molecule has 3 N–H and O–H groups in total. The fraction of sp³-hybridized carbons (Fsp3) is 0.900. The van der Waals surface area contributed by atoms with Crippen LogP contribution in [0.15, 0.2) is 0 Å². The number of carbonyl (C=O) groups is 2. The van der Waals surface area contributed by atoms with Gasteiger partial charge in [-0.1, -0.05) is 0 Å². The molecule has 4 aliphatic carbocycles. The van der Waals surface area contributed by atoms with Gasteiger partial charge in [-0.05, 0) is 81.5 Å². The molecule has 1 unspecified atom stereocenters. The summed E-state index contributed by atoms with van der Waals surface area (Å²) < 4.78 is 0. The van der Waals surface area contributed by atoms with Crippen LogP contribution in [0.3, 0.4) is 0 Å². The molecule has 0 spiro atoms. The molecule has 25 heavy (non-hydrogen) atoms. The number of amides is 2. The second-order valence-corrected chi connectivity index (χ2v) is 9.52. The summed E-state index contributed by atoms with van der Waals surface area (Å²) in [6.07, 6.45) is 9.92. The van der Waals surface area contributed by atoms with E-state index in [1.165, 1.54) is 38.5 Å². The molecule has 5 rings (SSSR count). The number of nitrogens with two attached hydrogens (primary N) is 1. The predicted octanol–water partition coefficient (Wildman–Crippen LogP) is 1.90. The molecule has 140 valence electrons. The van der Waals surface area contributed by atoms with Gasteiger partial charge in [0.05, 0.1) is 6.04 Å². The number of likely N-dealkylation sites (tertiary alicyclic amines) is 1. The average molecular weight is 348 g/mol. The summed E-state index contributed by atoms with van der Waals surface area (Å²) in [4.78, 5) is 25.9. The van der Waals surface area contributed by atoms with Crippen LogP contribution in [0.5, 0.6) is 0 Å². The van der Waals surface area contributed by atoms with E-state index in [2.05, 4.69) is 5.32 Å². The third-order valence-electron chi connectivity index (χ3n) is 7.53. The summed E-state index contributed by atoms with van der Waals surface area (Å²) in [6.45, 7) is 4.33. The Morgan fingerprint density at radius 2 is 1.60 bits per heavy atom. The van der Waals surface area contributed by atoms with Crippen molar-refractivity contribution in [1.82, 2.24) is 10.2 Å². The zero-order valence-electron chi connectivity index (χ0n) is 15.5. The quantitative estimate of drug-likeness (QED) is 0.798. The lowest BCUT2D eigenvalue weighted by molar-refractivity contribution is -0.136. The van der Waals surface area contributed by atoms with Crippen LogP contribution in [-0.2, 0) is 9.59 Å². The van der Waals surface area contributed by atoms with Crippen LogP contribution in [-0.4, -0.2) is 42.4 Å². The van der Waals surface area contributed by atoms with Gasteiger partial charge < -0.3 is 16.0 Å². The van der Waals surface area contributed by atoms with Gasteiger partial charge in [-0.15, -0.1) is 0 Å². The van der Waals surface area contributed by atoms with Crippen LogP contribution in [0.4, 0.5) is 0 Å². The van der Waals surface area contributed by atoms with E-state index in [-0.39, 0.29) is 23.8 Å². The monoisotopic (exact) mass is 347 g/mol. The van der Waals surface area contributed by atoms with Crippen molar-refractivity contribution >= 4 is 11.8 Å². The zero-order valence-corrected chi connectivity index (χ0v) is 15.5. The fourth-order valence-electron chi connectivity index (χ4n) is 6.62. The Bertz CT molecular complexity index is 504. The van der Waals surface area contributed by atoms with Gasteiger partial charge >= 0.3 is 0 Å². The standard InChI is InChI=1S/C20H33N3O2/c1-13(19(25)23-4-2-17(3-5-23)18(21)24)22-12-20-9-14-6-15(10-20)8-16(7-14)11-20/h13-17,22H,2-12H2,1H3,(H2,21,24). The van der Waals surface area contributed by atoms with Crippen LogP contribution < -0.4 is 11.1 Å². The van der Waals surface area contributed by atoms with E-state index in [1.807, 2.05) is 11.8 Å². The van der Waals surface area contributed by atoms with Crippen LogP contribution in [0.2, 0.25) is 0 Å². The number of hydrogen-bond donors (Lipinski definition) is 2. The normalized spacial score (nSPS) is 38.8. The number of nitrogens with one attached hydrogen (secondary N) is 1. The zero-order chi connectivity index (χ0) is 17.6. The van der Waals surface area contributed by atoms with Gasteiger partial charge in [0.2, 0.25) is 11.8 Å². The SMILES string of the molecule is CC(NCC12CC3CC(CC(C3)C1)C2)C(=O)N1CCC(C(N)=O)CC1. The molecule has 5 heteroatoms. The summed E-state index contributed by atoms with van der Waals surface area (Å²) >= 11 is 0. The molecule has 5 nitrogen and oxygen atoms in total.